The van der Waals surface area contributed by atoms with E-state index < -0.39 is 0 Å². The van der Waals surface area contributed by atoms with Crippen LogP contribution in [-0.2, 0) is 11.3 Å². The minimum atomic E-state index is -0.109. The van der Waals surface area contributed by atoms with E-state index in [1.807, 2.05) is 0 Å². The van der Waals surface area contributed by atoms with Crippen molar-refractivity contribution < 1.29 is 9.13 Å². The summed E-state index contributed by atoms with van der Waals surface area (Å²) in [6, 6.07) is 12.7. The molecule has 3 nitrogen and oxygen atoms in total. The molecule has 5 heteroatoms. The highest BCUT2D eigenvalue weighted by Gasteiger charge is 2.28. The van der Waals surface area contributed by atoms with Crippen LogP contribution in [0, 0.1) is 5.82 Å². The van der Waals surface area contributed by atoms with Crippen molar-refractivity contribution in [1.29, 1.82) is 0 Å². The van der Waals surface area contributed by atoms with Crippen LogP contribution in [0.25, 0.3) is 10.1 Å². The lowest BCUT2D eigenvalue weighted by Gasteiger charge is -2.35. The van der Waals surface area contributed by atoms with Crippen LogP contribution in [0.15, 0.2) is 41.8 Å². The number of rotatable bonds is 2. The molecular weight excluding hydrogens is 359 g/mol. The number of fused-ring (bicyclic) bond motifs is 2. The van der Waals surface area contributed by atoms with Crippen LogP contribution in [0.4, 0.5) is 10.1 Å². The van der Waals surface area contributed by atoms with Crippen molar-refractivity contribution in [2.45, 2.75) is 12.5 Å². The quantitative estimate of drug-likeness (QED) is 0.651. The van der Waals surface area contributed by atoms with Gasteiger partial charge in [-0.3, -0.25) is 0 Å². The van der Waals surface area contributed by atoms with Crippen molar-refractivity contribution in [3.05, 3.63) is 64.3 Å². The largest absolute Gasteiger partial charge is 0.378 e. The molecule has 5 rings (SSSR count). The molecule has 1 saturated heterocycles. The van der Waals surface area contributed by atoms with E-state index in [-0.39, 0.29) is 11.7 Å². The van der Waals surface area contributed by atoms with Crippen molar-refractivity contribution >= 4 is 27.1 Å². The Bertz CT molecular complexity index is 980. The fourth-order valence-electron chi connectivity index (χ4n) is 4.38. The van der Waals surface area contributed by atoms with E-state index >= 15 is 4.39 Å². The lowest BCUT2D eigenvalue weighted by molar-refractivity contribution is 0.122. The molecule has 0 spiro atoms. The fraction of sp³-hybridized carbons (Fsp3) is 0.364. The van der Waals surface area contributed by atoms with Crippen LogP contribution in [0.1, 0.15) is 22.6 Å². The molecule has 0 radical (unpaired) electrons. The third-order valence-corrected chi connectivity index (χ3v) is 6.65. The highest BCUT2D eigenvalue weighted by atomic mass is 32.1. The molecule has 0 N–H and O–H groups in total. The zero-order chi connectivity index (χ0) is 18.4. The maximum absolute atomic E-state index is 15.1. The van der Waals surface area contributed by atoms with Crippen LogP contribution < -0.4 is 4.90 Å². The first-order chi connectivity index (χ1) is 13.2. The molecule has 0 amide bonds. The van der Waals surface area contributed by atoms with Crippen molar-refractivity contribution in [3.8, 4) is 0 Å². The van der Waals surface area contributed by atoms with Crippen LogP contribution >= 0.6 is 11.3 Å². The van der Waals surface area contributed by atoms with Crippen molar-refractivity contribution in [2.75, 3.05) is 44.8 Å². The Morgan fingerprint density at radius 1 is 1.11 bits per heavy atom. The summed E-state index contributed by atoms with van der Waals surface area (Å²) in [5.74, 6) is 0.0955. The Hall–Kier alpha value is -1.95. The number of likely N-dealkylation sites (N-methyl/N-ethyl adjacent to an activating group) is 1. The van der Waals surface area contributed by atoms with Gasteiger partial charge >= 0.3 is 0 Å². The van der Waals surface area contributed by atoms with Gasteiger partial charge in [0.15, 0.2) is 0 Å². The second kappa shape index (κ2) is 6.89. The van der Waals surface area contributed by atoms with Crippen molar-refractivity contribution in [2.24, 2.45) is 0 Å². The van der Waals surface area contributed by atoms with Crippen molar-refractivity contribution in [3.63, 3.8) is 0 Å². The third-order valence-electron chi connectivity index (χ3n) is 5.75. The Morgan fingerprint density at radius 2 is 1.96 bits per heavy atom. The van der Waals surface area contributed by atoms with E-state index in [0.29, 0.717) is 13.2 Å². The molecule has 1 fully saturated rings. The summed E-state index contributed by atoms with van der Waals surface area (Å²) in [5, 5.41) is 3.40. The summed E-state index contributed by atoms with van der Waals surface area (Å²) in [6.07, 6.45) is 0. The minimum absolute atomic E-state index is 0.109. The van der Waals surface area contributed by atoms with E-state index in [4.69, 9.17) is 4.74 Å². The molecule has 0 aliphatic carbocycles. The molecule has 1 aromatic heterocycles. The second-order valence-electron chi connectivity index (χ2n) is 7.57. The van der Waals surface area contributed by atoms with Gasteiger partial charge in [0, 0.05) is 36.8 Å². The molecule has 27 heavy (non-hydrogen) atoms. The number of hydrogen-bond donors (Lipinski definition) is 0. The Labute approximate surface area is 163 Å². The molecule has 2 aromatic carbocycles. The number of nitrogens with zero attached hydrogens (tertiary/aromatic N) is 2. The van der Waals surface area contributed by atoms with Gasteiger partial charge in [0.05, 0.1) is 18.9 Å². The number of halogens is 1. The first-order valence-corrected chi connectivity index (χ1v) is 10.4. The smallest absolute Gasteiger partial charge is 0.146 e. The first kappa shape index (κ1) is 17.2. The molecule has 2 aliphatic rings. The van der Waals surface area contributed by atoms with Crippen LogP contribution in [0.2, 0.25) is 0 Å². The van der Waals surface area contributed by atoms with Gasteiger partial charge in [0.1, 0.15) is 5.82 Å². The van der Waals surface area contributed by atoms with Crippen LogP contribution in [0.5, 0.6) is 0 Å². The van der Waals surface area contributed by atoms with Gasteiger partial charge < -0.3 is 14.5 Å². The molecule has 3 aromatic rings. The Morgan fingerprint density at radius 3 is 2.81 bits per heavy atom. The molecule has 1 atom stereocenters. The number of anilines is 1. The molecule has 140 valence electrons. The number of hydrogen-bond acceptors (Lipinski definition) is 4. The lowest BCUT2D eigenvalue weighted by Crippen LogP contribution is -2.37. The van der Waals surface area contributed by atoms with Gasteiger partial charge in [0.25, 0.3) is 0 Å². The normalized spacial score (nSPS) is 20.8. The molecule has 3 heterocycles. The molecular formula is C22H23FN2OS. The maximum Gasteiger partial charge on any atom is 0.146 e. The zero-order valence-corrected chi connectivity index (χ0v) is 16.3. The summed E-state index contributed by atoms with van der Waals surface area (Å²) in [5.41, 5.74) is 4.37. The minimum Gasteiger partial charge on any atom is -0.378 e. The van der Waals surface area contributed by atoms with Gasteiger partial charge in [-0.05, 0) is 64.8 Å². The first-order valence-electron chi connectivity index (χ1n) is 9.50. The van der Waals surface area contributed by atoms with E-state index in [1.54, 1.807) is 17.4 Å². The molecule has 1 unspecified atom stereocenters. The fourth-order valence-corrected chi connectivity index (χ4v) is 5.15. The number of benzene rings is 2. The average molecular weight is 383 g/mol. The molecule has 2 aliphatic heterocycles. The second-order valence-corrected chi connectivity index (χ2v) is 8.52. The SMILES string of the molecule is CN1Cc2cc(N3CCOCC3)c(F)cc2C(c2ccc3sccc3c2)C1. The topological polar surface area (TPSA) is 15.7 Å². The highest BCUT2D eigenvalue weighted by Crippen LogP contribution is 2.38. The zero-order valence-electron chi connectivity index (χ0n) is 15.5. The average Bonchev–Trinajstić information content (AvgIpc) is 3.16. The van der Waals surface area contributed by atoms with Crippen molar-refractivity contribution in [1.82, 2.24) is 4.90 Å². The van der Waals surface area contributed by atoms with Gasteiger partial charge in [-0.15, -0.1) is 11.3 Å². The third kappa shape index (κ3) is 3.14. The van der Waals surface area contributed by atoms with E-state index in [9.17, 15) is 0 Å². The van der Waals surface area contributed by atoms with Gasteiger partial charge in [0.2, 0.25) is 0 Å². The summed E-state index contributed by atoms with van der Waals surface area (Å²) >= 11 is 1.76. The maximum atomic E-state index is 15.1. The summed E-state index contributed by atoms with van der Waals surface area (Å²) in [6.45, 7) is 4.62. The van der Waals surface area contributed by atoms with Crippen LogP contribution in [-0.4, -0.2) is 44.8 Å². The van der Waals surface area contributed by atoms with Gasteiger partial charge in [-0.2, -0.15) is 0 Å². The number of morpholine rings is 1. The van der Waals surface area contributed by atoms with Gasteiger partial charge in [-0.25, -0.2) is 4.39 Å². The standard InChI is InChI=1S/C22H23FN2OS/c1-24-13-17-11-21(25-5-7-26-8-6-25)20(23)12-18(17)19(14-24)15-2-3-22-16(10-15)4-9-27-22/h2-4,9-12,19H,5-8,13-14H2,1H3. The van der Waals surface area contributed by atoms with Gasteiger partial charge in [-0.1, -0.05) is 6.07 Å². The van der Waals surface area contributed by atoms with E-state index in [1.165, 1.54) is 21.2 Å². The summed E-state index contributed by atoms with van der Waals surface area (Å²) < 4.78 is 21.8. The lowest BCUT2D eigenvalue weighted by atomic mass is 9.84. The number of thiophene rings is 1. The Balaban J connectivity index is 1.57. The highest BCUT2D eigenvalue weighted by molar-refractivity contribution is 7.17. The molecule has 0 bridgehead atoms. The van der Waals surface area contributed by atoms with Crippen LogP contribution in [0.3, 0.4) is 0 Å². The van der Waals surface area contributed by atoms with E-state index in [2.05, 4.69) is 52.6 Å². The molecule has 0 saturated carbocycles. The predicted octanol–water partition coefficient (Wildman–Crippen LogP) is 4.45. The number of ether oxygens (including phenoxy) is 1. The van der Waals surface area contributed by atoms with E-state index in [0.717, 1.165) is 37.4 Å². The predicted molar refractivity (Wildman–Crippen MR) is 109 cm³/mol. The monoisotopic (exact) mass is 382 g/mol. The Kier molecular flexibility index (Phi) is 4.38. The summed E-state index contributed by atoms with van der Waals surface area (Å²) in [4.78, 5) is 4.45. The summed E-state index contributed by atoms with van der Waals surface area (Å²) in [7, 11) is 2.15.